The topological polar surface area (TPSA) is 75.2 Å². The average Bonchev–Trinajstić information content (AvgIpc) is 2.51. The van der Waals surface area contributed by atoms with Crippen LogP contribution in [0.15, 0.2) is 18.6 Å². The molecule has 6 nitrogen and oxygen atoms in total. The third-order valence-electron chi connectivity index (χ3n) is 3.19. The minimum atomic E-state index is -0.179. The van der Waals surface area contributed by atoms with Gasteiger partial charge in [0.1, 0.15) is 5.69 Å². The predicted octanol–water partition coefficient (Wildman–Crippen LogP) is 1.63. The smallest absolute Gasteiger partial charge is 0.274 e. The molecule has 2 amide bonds. The van der Waals surface area contributed by atoms with Crippen molar-refractivity contribution in [2.24, 2.45) is 0 Å². The zero-order valence-corrected chi connectivity index (χ0v) is 13.0. The highest BCUT2D eigenvalue weighted by Crippen LogP contribution is 2.03. The first-order valence-electron chi connectivity index (χ1n) is 7.43. The van der Waals surface area contributed by atoms with Gasteiger partial charge in [0, 0.05) is 37.9 Å². The van der Waals surface area contributed by atoms with Gasteiger partial charge in [-0.15, -0.1) is 0 Å². The molecule has 0 aromatic carbocycles. The molecule has 0 aliphatic heterocycles. The Bertz CT molecular complexity index is 450. The monoisotopic (exact) mass is 292 g/mol. The van der Waals surface area contributed by atoms with Gasteiger partial charge >= 0.3 is 0 Å². The number of hydrogen-bond acceptors (Lipinski definition) is 4. The van der Waals surface area contributed by atoms with Crippen LogP contribution in [0.5, 0.6) is 0 Å². The standard InChI is InChI=1S/C15H24N4O2/c1-4-9-19(10-6-14(20)18-12(3)5-2)15(21)13-11-16-7-8-17-13/h7-8,11-12H,4-6,9-10H2,1-3H3,(H,18,20). The first-order valence-corrected chi connectivity index (χ1v) is 7.43. The third kappa shape index (κ3) is 5.89. The van der Waals surface area contributed by atoms with Gasteiger partial charge in [-0.3, -0.25) is 14.6 Å². The van der Waals surface area contributed by atoms with Crippen molar-refractivity contribution in [1.82, 2.24) is 20.2 Å². The average molecular weight is 292 g/mol. The largest absolute Gasteiger partial charge is 0.354 e. The van der Waals surface area contributed by atoms with Crippen molar-refractivity contribution < 1.29 is 9.59 Å². The first kappa shape index (κ1) is 17.1. The third-order valence-corrected chi connectivity index (χ3v) is 3.19. The van der Waals surface area contributed by atoms with Crippen molar-refractivity contribution in [3.63, 3.8) is 0 Å². The highest BCUT2D eigenvalue weighted by molar-refractivity contribution is 5.92. The van der Waals surface area contributed by atoms with Crippen LogP contribution in [0.1, 0.15) is 50.5 Å². The van der Waals surface area contributed by atoms with E-state index in [2.05, 4.69) is 15.3 Å². The Balaban J connectivity index is 2.58. The second-order valence-electron chi connectivity index (χ2n) is 5.01. The zero-order chi connectivity index (χ0) is 15.7. The van der Waals surface area contributed by atoms with Gasteiger partial charge in [-0.25, -0.2) is 4.98 Å². The second-order valence-corrected chi connectivity index (χ2v) is 5.01. The number of rotatable bonds is 8. The molecule has 116 valence electrons. The van der Waals surface area contributed by atoms with Crippen LogP contribution < -0.4 is 5.32 Å². The summed E-state index contributed by atoms with van der Waals surface area (Å²) in [5.41, 5.74) is 0.313. The quantitative estimate of drug-likeness (QED) is 0.790. The van der Waals surface area contributed by atoms with Gasteiger partial charge in [0.05, 0.1) is 6.20 Å². The van der Waals surface area contributed by atoms with E-state index in [0.29, 0.717) is 25.2 Å². The SMILES string of the molecule is CCCN(CCC(=O)NC(C)CC)C(=O)c1cnccn1. The first-order chi connectivity index (χ1) is 10.1. The summed E-state index contributed by atoms with van der Waals surface area (Å²) in [7, 11) is 0. The number of amides is 2. The Morgan fingerprint density at radius 3 is 2.62 bits per heavy atom. The van der Waals surface area contributed by atoms with E-state index in [1.807, 2.05) is 20.8 Å². The molecule has 0 bridgehead atoms. The van der Waals surface area contributed by atoms with Crippen molar-refractivity contribution in [1.29, 1.82) is 0 Å². The van der Waals surface area contributed by atoms with Gasteiger partial charge in [-0.05, 0) is 19.8 Å². The number of carbonyl (C=O) groups excluding carboxylic acids is 2. The molecule has 0 aliphatic carbocycles. The summed E-state index contributed by atoms with van der Waals surface area (Å²) in [5.74, 6) is -0.210. The van der Waals surface area contributed by atoms with Crippen molar-refractivity contribution >= 4 is 11.8 Å². The van der Waals surface area contributed by atoms with Crippen LogP contribution in [0.3, 0.4) is 0 Å². The number of aromatic nitrogens is 2. The maximum atomic E-state index is 12.3. The zero-order valence-electron chi connectivity index (χ0n) is 13.0. The molecular weight excluding hydrogens is 268 g/mol. The fourth-order valence-electron chi connectivity index (χ4n) is 1.84. The van der Waals surface area contributed by atoms with Crippen molar-refractivity contribution in [2.45, 2.75) is 46.1 Å². The minimum absolute atomic E-state index is 0.0302. The molecule has 1 aromatic heterocycles. The molecule has 0 fully saturated rings. The molecule has 0 aliphatic rings. The molecule has 0 saturated heterocycles. The lowest BCUT2D eigenvalue weighted by molar-refractivity contribution is -0.121. The minimum Gasteiger partial charge on any atom is -0.354 e. The summed E-state index contributed by atoms with van der Waals surface area (Å²) in [6, 6.07) is 0.160. The van der Waals surface area contributed by atoms with Gasteiger partial charge in [0.2, 0.25) is 5.91 Å². The summed E-state index contributed by atoms with van der Waals surface area (Å²) in [6.45, 7) is 6.98. The molecular formula is C15H24N4O2. The predicted molar refractivity (Wildman–Crippen MR) is 80.7 cm³/mol. The fourth-order valence-corrected chi connectivity index (χ4v) is 1.84. The van der Waals surface area contributed by atoms with Crippen molar-refractivity contribution in [3.05, 3.63) is 24.3 Å². The summed E-state index contributed by atoms with van der Waals surface area (Å²) in [5, 5.41) is 2.90. The lowest BCUT2D eigenvalue weighted by Gasteiger charge is -2.21. The van der Waals surface area contributed by atoms with E-state index in [4.69, 9.17) is 0 Å². The van der Waals surface area contributed by atoms with E-state index < -0.39 is 0 Å². The summed E-state index contributed by atoms with van der Waals surface area (Å²) >= 11 is 0. The molecule has 1 atom stereocenters. The van der Waals surface area contributed by atoms with Gasteiger partial charge in [-0.2, -0.15) is 0 Å². The molecule has 1 heterocycles. The van der Waals surface area contributed by atoms with E-state index in [0.717, 1.165) is 12.8 Å². The molecule has 0 radical (unpaired) electrons. The maximum Gasteiger partial charge on any atom is 0.274 e. The number of carbonyl (C=O) groups is 2. The van der Waals surface area contributed by atoms with E-state index >= 15 is 0 Å². The highest BCUT2D eigenvalue weighted by Gasteiger charge is 2.17. The van der Waals surface area contributed by atoms with Crippen molar-refractivity contribution in [3.8, 4) is 0 Å². The van der Waals surface area contributed by atoms with E-state index in [9.17, 15) is 9.59 Å². The summed E-state index contributed by atoms with van der Waals surface area (Å²) in [6.07, 6.45) is 6.50. The molecule has 1 rings (SSSR count). The Hall–Kier alpha value is -1.98. The number of hydrogen-bond donors (Lipinski definition) is 1. The van der Waals surface area contributed by atoms with Crippen LogP contribution in [0.25, 0.3) is 0 Å². The van der Waals surface area contributed by atoms with Crippen LogP contribution in [-0.4, -0.2) is 45.8 Å². The Morgan fingerprint density at radius 1 is 1.29 bits per heavy atom. The van der Waals surface area contributed by atoms with Gasteiger partial charge in [0.25, 0.3) is 5.91 Å². The fraction of sp³-hybridized carbons (Fsp3) is 0.600. The molecule has 0 spiro atoms. The maximum absolute atomic E-state index is 12.3. The van der Waals surface area contributed by atoms with Crippen LogP contribution >= 0.6 is 0 Å². The summed E-state index contributed by atoms with van der Waals surface area (Å²) < 4.78 is 0. The van der Waals surface area contributed by atoms with Gasteiger partial charge in [0.15, 0.2) is 0 Å². The number of nitrogens with one attached hydrogen (secondary N) is 1. The van der Waals surface area contributed by atoms with Crippen LogP contribution in [0, 0.1) is 0 Å². The lowest BCUT2D eigenvalue weighted by atomic mass is 10.2. The van der Waals surface area contributed by atoms with Gasteiger partial charge < -0.3 is 10.2 Å². The normalized spacial score (nSPS) is 11.8. The van der Waals surface area contributed by atoms with E-state index in [1.54, 1.807) is 4.90 Å². The van der Waals surface area contributed by atoms with Crippen molar-refractivity contribution in [2.75, 3.05) is 13.1 Å². The van der Waals surface area contributed by atoms with Crippen LogP contribution in [-0.2, 0) is 4.79 Å². The molecule has 1 aromatic rings. The Labute approximate surface area is 126 Å². The van der Waals surface area contributed by atoms with Crippen LogP contribution in [0.2, 0.25) is 0 Å². The lowest BCUT2D eigenvalue weighted by Crippen LogP contribution is -2.38. The van der Waals surface area contributed by atoms with E-state index in [1.165, 1.54) is 18.6 Å². The number of nitrogens with zero attached hydrogens (tertiary/aromatic N) is 3. The second kappa shape index (κ2) is 9.05. The molecule has 21 heavy (non-hydrogen) atoms. The molecule has 1 unspecified atom stereocenters. The highest BCUT2D eigenvalue weighted by atomic mass is 16.2. The Kier molecular flexibility index (Phi) is 7.36. The van der Waals surface area contributed by atoms with Crippen LogP contribution in [0.4, 0.5) is 0 Å². The van der Waals surface area contributed by atoms with Gasteiger partial charge in [-0.1, -0.05) is 13.8 Å². The Morgan fingerprint density at radius 2 is 2.05 bits per heavy atom. The molecule has 6 heteroatoms. The molecule has 1 N–H and O–H groups in total. The molecule has 0 saturated carbocycles. The summed E-state index contributed by atoms with van der Waals surface area (Å²) in [4.78, 5) is 33.7. The van der Waals surface area contributed by atoms with E-state index in [-0.39, 0.29) is 17.9 Å².